The quantitative estimate of drug-likeness (QED) is 0.722. The molecule has 4 rings (SSSR count). The number of benzene rings is 2. The van der Waals surface area contributed by atoms with Crippen molar-refractivity contribution in [2.75, 3.05) is 19.6 Å². The molecule has 0 amide bonds. The summed E-state index contributed by atoms with van der Waals surface area (Å²) in [7, 11) is 3.28. The summed E-state index contributed by atoms with van der Waals surface area (Å²) in [5.41, 5.74) is 5.98. The van der Waals surface area contributed by atoms with Crippen LogP contribution in [-0.4, -0.2) is 29.1 Å². The first kappa shape index (κ1) is 16.8. The number of aromatic nitrogens is 3. The van der Waals surface area contributed by atoms with Crippen LogP contribution in [0.25, 0.3) is 17.1 Å². The van der Waals surface area contributed by atoms with E-state index in [1.807, 2.05) is 52.5 Å². The predicted molar refractivity (Wildman–Crippen MR) is 103 cm³/mol. The number of halogens is 1. The molecular formula is C18H15ClN4O2S. The zero-order valence-electron chi connectivity index (χ0n) is 14.1. The second-order valence-corrected chi connectivity index (χ2v) is 6.75. The molecule has 132 valence electrons. The smallest absolute Gasteiger partial charge is 0.214 e. The van der Waals surface area contributed by atoms with Crippen LogP contribution in [0.3, 0.4) is 0 Å². The van der Waals surface area contributed by atoms with Crippen molar-refractivity contribution in [3.05, 3.63) is 58.5 Å². The third-order valence-electron chi connectivity index (χ3n) is 3.93. The van der Waals surface area contributed by atoms with Crippen LogP contribution in [0.4, 0.5) is 0 Å². The van der Waals surface area contributed by atoms with Gasteiger partial charge in [0.15, 0.2) is 5.82 Å². The third-order valence-corrected chi connectivity index (χ3v) is 4.99. The molecule has 0 unspecified atom stereocenters. The van der Waals surface area contributed by atoms with Crippen molar-refractivity contribution in [1.29, 1.82) is 0 Å². The number of ether oxygens (including phenoxy) is 2. The highest BCUT2D eigenvalue weighted by Gasteiger charge is 2.21. The van der Waals surface area contributed by atoms with Crippen molar-refractivity contribution in [3.8, 4) is 22.9 Å². The number of methoxy groups -OCH3 is 2. The summed E-state index contributed by atoms with van der Waals surface area (Å²) >= 11 is 7.60. The van der Waals surface area contributed by atoms with Crippen LogP contribution in [0.15, 0.2) is 53.0 Å². The van der Waals surface area contributed by atoms with E-state index < -0.39 is 0 Å². The molecule has 2 heterocycles. The molecule has 6 nitrogen and oxygen atoms in total. The second-order valence-electron chi connectivity index (χ2n) is 5.48. The van der Waals surface area contributed by atoms with E-state index in [1.54, 1.807) is 14.2 Å². The Bertz CT molecular complexity index is 1000. The lowest BCUT2D eigenvalue weighted by Gasteiger charge is -2.21. The number of fused-ring (bicyclic) bond motifs is 1. The fourth-order valence-corrected chi connectivity index (χ4v) is 3.59. The van der Waals surface area contributed by atoms with E-state index in [0.717, 1.165) is 33.5 Å². The summed E-state index contributed by atoms with van der Waals surface area (Å²) in [6.07, 6.45) is 0. The molecule has 26 heavy (non-hydrogen) atoms. The molecule has 0 atom stereocenters. The summed E-state index contributed by atoms with van der Waals surface area (Å²) in [5, 5.41) is 11.9. The molecule has 0 aliphatic carbocycles. The molecule has 1 aliphatic heterocycles. The second kappa shape index (κ2) is 6.93. The van der Waals surface area contributed by atoms with E-state index in [2.05, 4.69) is 15.6 Å². The maximum absolute atomic E-state index is 6.12. The molecule has 0 saturated heterocycles. The van der Waals surface area contributed by atoms with Crippen LogP contribution in [0.5, 0.6) is 11.5 Å². The minimum atomic E-state index is 0.647. The van der Waals surface area contributed by atoms with E-state index in [-0.39, 0.29) is 0 Å². The van der Waals surface area contributed by atoms with Gasteiger partial charge in [-0.1, -0.05) is 35.5 Å². The Morgan fingerprint density at radius 3 is 2.73 bits per heavy atom. The molecule has 0 fully saturated rings. The highest BCUT2D eigenvalue weighted by Crippen LogP contribution is 2.36. The van der Waals surface area contributed by atoms with Crippen LogP contribution < -0.4 is 14.9 Å². The molecule has 1 aromatic heterocycles. The van der Waals surface area contributed by atoms with Crippen molar-refractivity contribution < 1.29 is 9.47 Å². The van der Waals surface area contributed by atoms with Crippen molar-refractivity contribution in [2.24, 2.45) is 0 Å². The first-order valence-electron chi connectivity index (χ1n) is 7.77. The fraction of sp³-hybridized carbons (Fsp3) is 0.111. The summed E-state index contributed by atoms with van der Waals surface area (Å²) < 4.78 is 12.7. The van der Waals surface area contributed by atoms with Gasteiger partial charge in [0.25, 0.3) is 0 Å². The van der Waals surface area contributed by atoms with Crippen molar-refractivity contribution in [3.63, 3.8) is 0 Å². The van der Waals surface area contributed by atoms with Crippen LogP contribution in [-0.2, 0) is 0 Å². The topological polar surface area (TPSA) is 61.2 Å². The Labute approximate surface area is 159 Å². The fourth-order valence-electron chi connectivity index (χ4n) is 2.67. The summed E-state index contributed by atoms with van der Waals surface area (Å²) in [6.45, 7) is 0. The van der Waals surface area contributed by atoms with Gasteiger partial charge >= 0.3 is 0 Å². The Kier molecular flexibility index (Phi) is 4.48. The number of thioether (sulfide) groups is 1. The Balaban J connectivity index is 1.74. The summed E-state index contributed by atoms with van der Waals surface area (Å²) in [6, 6.07) is 13.2. The first-order chi connectivity index (χ1) is 12.7. The van der Waals surface area contributed by atoms with Crippen molar-refractivity contribution >= 4 is 29.1 Å². The molecule has 0 saturated carbocycles. The maximum Gasteiger partial charge on any atom is 0.214 e. The van der Waals surface area contributed by atoms with Crippen LogP contribution in [0.1, 0.15) is 5.56 Å². The lowest BCUT2D eigenvalue weighted by Crippen LogP contribution is -2.18. The van der Waals surface area contributed by atoms with E-state index >= 15 is 0 Å². The summed E-state index contributed by atoms with van der Waals surface area (Å²) in [4.78, 5) is 0. The van der Waals surface area contributed by atoms with E-state index in [1.165, 1.54) is 11.8 Å². The maximum atomic E-state index is 6.12. The van der Waals surface area contributed by atoms with Crippen LogP contribution in [0, 0.1) is 0 Å². The zero-order valence-corrected chi connectivity index (χ0v) is 15.6. The largest absolute Gasteiger partial charge is 0.497 e. The number of rotatable bonds is 4. The van der Waals surface area contributed by atoms with Gasteiger partial charge in [0.05, 0.1) is 19.9 Å². The monoisotopic (exact) mass is 386 g/mol. The van der Waals surface area contributed by atoms with Crippen LogP contribution >= 0.6 is 23.4 Å². The Hall–Kier alpha value is -2.64. The molecule has 0 bridgehead atoms. The lowest BCUT2D eigenvalue weighted by atomic mass is 10.1. The number of nitrogens with zero attached hydrogens (tertiary/aromatic N) is 3. The van der Waals surface area contributed by atoms with Gasteiger partial charge in [-0.25, -0.2) is 4.68 Å². The zero-order chi connectivity index (χ0) is 18.1. The lowest BCUT2D eigenvalue weighted by molar-refractivity contribution is 0.402. The molecule has 3 aromatic rings. The van der Waals surface area contributed by atoms with Gasteiger partial charge in [0, 0.05) is 21.6 Å². The van der Waals surface area contributed by atoms with Crippen molar-refractivity contribution in [1.82, 2.24) is 14.9 Å². The van der Waals surface area contributed by atoms with Gasteiger partial charge in [-0.05, 0) is 30.3 Å². The first-order valence-corrected chi connectivity index (χ1v) is 9.03. The number of hydrogen-bond acceptors (Lipinski definition) is 6. The average Bonchev–Trinajstić information content (AvgIpc) is 3.10. The molecule has 8 heteroatoms. The minimum Gasteiger partial charge on any atom is -0.497 e. The van der Waals surface area contributed by atoms with Gasteiger partial charge in [-0.3, -0.25) is 5.43 Å². The molecule has 1 N–H and O–H groups in total. The Morgan fingerprint density at radius 1 is 1.08 bits per heavy atom. The minimum absolute atomic E-state index is 0.647. The number of hydrogen-bond donors (Lipinski definition) is 1. The molecule has 0 spiro atoms. The SMILES string of the molecule is COc1ccc(OC)c(C2=CSc3nnc(-c4cccc(Cl)c4)n3N2)c1. The number of nitrogens with one attached hydrogen (secondary N) is 1. The van der Waals surface area contributed by atoms with Gasteiger partial charge in [-0.15, -0.1) is 10.2 Å². The normalized spacial score (nSPS) is 12.8. The Morgan fingerprint density at radius 2 is 1.96 bits per heavy atom. The molecular weight excluding hydrogens is 372 g/mol. The average molecular weight is 387 g/mol. The van der Waals surface area contributed by atoms with E-state index in [9.17, 15) is 0 Å². The van der Waals surface area contributed by atoms with Crippen molar-refractivity contribution in [2.45, 2.75) is 5.16 Å². The molecule has 0 radical (unpaired) electrons. The van der Waals surface area contributed by atoms with Gasteiger partial charge in [0.1, 0.15) is 11.5 Å². The van der Waals surface area contributed by atoms with Crippen LogP contribution in [0.2, 0.25) is 5.02 Å². The van der Waals surface area contributed by atoms with Gasteiger partial charge in [-0.2, -0.15) is 0 Å². The highest BCUT2D eigenvalue weighted by atomic mass is 35.5. The summed E-state index contributed by atoms with van der Waals surface area (Å²) in [5.74, 6) is 2.17. The molecule has 2 aromatic carbocycles. The predicted octanol–water partition coefficient (Wildman–Crippen LogP) is 4.26. The van der Waals surface area contributed by atoms with Gasteiger partial charge in [0.2, 0.25) is 5.16 Å². The third kappa shape index (κ3) is 3.00. The van der Waals surface area contributed by atoms with Gasteiger partial charge < -0.3 is 9.47 Å². The molecule has 1 aliphatic rings. The van der Waals surface area contributed by atoms with E-state index in [0.29, 0.717) is 10.8 Å². The highest BCUT2D eigenvalue weighted by molar-refractivity contribution is 8.02. The standard InChI is InChI=1S/C18H15ClN4O2S/c1-24-13-6-7-16(25-2)14(9-13)15-10-26-18-21-20-17(23(18)22-15)11-4-3-5-12(19)8-11/h3-10,22H,1-2H3. The van der Waals surface area contributed by atoms with E-state index in [4.69, 9.17) is 21.1 Å².